The van der Waals surface area contributed by atoms with Gasteiger partial charge in [-0.15, -0.1) is 6.58 Å². The molecule has 2 atom stereocenters. The summed E-state index contributed by atoms with van der Waals surface area (Å²) in [6.07, 6.45) is 4.80. The summed E-state index contributed by atoms with van der Waals surface area (Å²) in [7, 11) is 0. The molecule has 2 N–H and O–H groups in total. The van der Waals surface area contributed by atoms with E-state index in [0.717, 1.165) is 32.4 Å². The summed E-state index contributed by atoms with van der Waals surface area (Å²) in [5.74, 6) is 0.350. The van der Waals surface area contributed by atoms with Crippen LogP contribution in [0.15, 0.2) is 12.7 Å². The SMILES string of the molecule is C=CCC(C)NC(=O)[C@H]1CCCNC1. The predicted octanol–water partition coefficient (Wildman–Crippen LogP) is 1.07. The second-order valence-electron chi connectivity index (χ2n) is 3.98. The van der Waals surface area contributed by atoms with Gasteiger partial charge in [-0.2, -0.15) is 0 Å². The minimum atomic E-state index is 0.163. The van der Waals surface area contributed by atoms with Crippen LogP contribution in [0.3, 0.4) is 0 Å². The molecule has 1 saturated heterocycles. The van der Waals surface area contributed by atoms with Crippen LogP contribution in [0.1, 0.15) is 26.2 Å². The second-order valence-corrected chi connectivity index (χ2v) is 3.98. The third-order valence-electron chi connectivity index (χ3n) is 2.58. The zero-order chi connectivity index (χ0) is 10.4. The zero-order valence-corrected chi connectivity index (χ0v) is 8.88. The quantitative estimate of drug-likeness (QED) is 0.660. The Labute approximate surface area is 86.0 Å². The van der Waals surface area contributed by atoms with Crippen LogP contribution in [-0.2, 0) is 4.79 Å². The summed E-state index contributed by atoms with van der Waals surface area (Å²) < 4.78 is 0. The van der Waals surface area contributed by atoms with E-state index in [2.05, 4.69) is 17.2 Å². The van der Waals surface area contributed by atoms with E-state index >= 15 is 0 Å². The molecule has 0 bridgehead atoms. The largest absolute Gasteiger partial charge is 0.353 e. The number of nitrogens with one attached hydrogen (secondary N) is 2. The van der Waals surface area contributed by atoms with Crippen LogP contribution in [0.5, 0.6) is 0 Å². The van der Waals surface area contributed by atoms with Crippen LogP contribution < -0.4 is 10.6 Å². The van der Waals surface area contributed by atoms with Gasteiger partial charge in [0, 0.05) is 12.6 Å². The van der Waals surface area contributed by atoms with Crippen molar-refractivity contribution >= 4 is 5.91 Å². The third kappa shape index (κ3) is 3.50. The lowest BCUT2D eigenvalue weighted by Gasteiger charge is -2.23. The molecule has 0 aromatic carbocycles. The molecule has 0 aromatic rings. The standard InChI is InChI=1S/C11H20N2O/c1-3-5-9(2)13-11(14)10-6-4-7-12-8-10/h3,9-10,12H,1,4-8H2,2H3,(H,13,14)/t9?,10-/m0/s1. The molecular weight excluding hydrogens is 176 g/mol. The van der Waals surface area contributed by atoms with Gasteiger partial charge in [-0.05, 0) is 32.7 Å². The third-order valence-corrected chi connectivity index (χ3v) is 2.58. The molecule has 1 unspecified atom stereocenters. The number of rotatable bonds is 4. The Kier molecular flexibility index (Phi) is 4.66. The summed E-state index contributed by atoms with van der Waals surface area (Å²) >= 11 is 0. The first-order chi connectivity index (χ1) is 6.74. The molecule has 0 aliphatic carbocycles. The smallest absolute Gasteiger partial charge is 0.224 e. The fourth-order valence-electron chi connectivity index (χ4n) is 1.75. The van der Waals surface area contributed by atoms with E-state index in [4.69, 9.17) is 0 Å². The van der Waals surface area contributed by atoms with Gasteiger partial charge < -0.3 is 10.6 Å². The Bertz CT molecular complexity index is 197. The maximum atomic E-state index is 11.7. The fraction of sp³-hybridized carbons (Fsp3) is 0.727. The highest BCUT2D eigenvalue weighted by Crippen LogP contribution is 2.10. The van der Waals surface area contributed by atoms with Crippen LogP contribution in [0.2, 0.25) is 0 Å². The van der Waals surface area contributed by atoms with Gasteiger partial charge in [-0.25, -0.2) is 0 Å². The Balaban J connectivity index is 2.28. The van der Waals surface area contributed by atoms with Crippen LogP contribution in [0, 0.1) is 5.92 Å². The maximum Gasteiger partial charge on any atom is 0.224 e. The molecule has 1 rings (SSSR count). The van der Waals surface area contributed by atoms with E-state index in [-0.39, 0.29) is 17.9 Å². The molecular formula is C11H20N2O. The van der Waals surface area contributed by atoms with Crippen molar-refractivity contribution in [3.8, 4) is 0 Å². The van der Waals surface area contributed by atoms with Gasteiger partial charge in [0.15, 0.2) is 0 Å². The van der Waals surface area contributed by atoms with Gasteiger partial charge in [0.1, 0.15) is 0 Å². The van der Waals surface area contributed by atoms with Crippen molar-refractivity contribution in [1.29, 1.82) is 0 Å². The van der Waals surface area contributed by atoms with Crippen molar-refractivity contribution in [1.82, 2.24) is 10.6 Å². The molecule has 1 aliphatic heterocycles. The molecule has 1 amide bonds. The molecule has 3 nitrogen and oxygen atoms in total. The number of hydrogen-bond donors (Lipinski definition) is 2. The van der Waals surface area contributed by atoms with E-state index in [1.165, 1.54) is 0 Å². The summed E-state index contributed by atoms with van der Waals surface area (Å²) in [6.45, 7) is 7.54. The Morgan fingerprint density at radius 1 is 1.79 bits per heavy atom. The molecule has 14 heavy (non-hydrogen) atoms. The fourth-order valence-corrected chi connectivity index (χ4v) is 1.75. The number of amides is 1. The van der Waals surface area contributed by atoms with Crippen molar-refractivity contribution in [2.45, 2.75) is 32.2 Å². The lowest BCUT2D eigenvalue weighted by Crippen LogP contribution is -2.43. The van der Waals surface area contributed by atoms with E-state index in [1.807, 2.05) is 13.0 Å². The van der Waals surface area contributed by atoms with Crippen LogP contribution in [-0.4, -0.2) is 25.0 Å². The van der Waals surface area contributed by atoms with Gasteiger partial charge in [-0.3, -0.25) is 4.79 Å². The Morgan fingerprint density at radius 3 is 3.14 bits per heavy atom. The highest BCUT2D eigenvalue weighted by Gasteiger charge is 2.21. The lowest BCUT2D eigenvalue weighted by molar-refractivity contribution is -0.126. The predicted molar refractivity (Wildman–Crippen MR) is 58.0 cm³/mol. The molecule has 0 saturated carbocycles. The van der Waals surface area contributed by atoms with E-state index < -0.39 is 0 Å². The van der Waals surface area contributed by atoms with Gasteiger partial charge in [0.2, 0.25) is 5.91 Å². The van der Waals surface area contributed by atoms with Crippen LogP contribution >= 0.6 is 0 Å². The normalized spacial score (nSPS) is 23.9. The Hall–Kier alpha value is -0.830. The Morgan fingerprint density at radius 2 is 2.57 bits per heavy atom. The average Bonchev–Trinajstić information content (AvgIpc) is 2.19. The van der Waals surface area contributed by atoms with Crippen molar-refractivity contribution < 1.29 is 4.79 Å². The molecule has 1 fully saturated rings. The van der Waals surface area contributed by atoms with Gasteiger partial charge >= 0.3 is 0 Å². The van der Waals surface area contributed by atoms with E-state index in [0.29, 0.717) is 0 Å². The van der Waals surface area contributed by atoms with Gasteiger partial charge in [0.05, 0.1) is 5.92 Å². The first-order valence-electron chi connectivity index (χ1n) is 5.36. The monoisotopic (exact) mass is 196 g/mol. The molecule has 0 spiro atoms. The first-order valence-corrected chi connectivity index (χ1v) is 5.36. The van der Waals surface area contributed by atoms with Crippen molar-refractivity contribution in [2.24, 2.45) is 5.92 Å². The summed E-state index contributed by atoms with van der Waals surface area (Å²) in [5.41, 5.74) is 0. The second kappa shape index (κ2) is 5.81. The molecule has 1 heterocycles. The van der Waals surface area contributed by atoms with Gasteiger partial charge in [0.25, 0.3) is 0 Å². The van der Waals surface area contributed by atoms with Crippen molar-refractivity contribution in [3.63, 3.8) is 0 Å². The maximum absolute atomic E-state index is 11.7. The molecule has 0 aromatic heterocycles. The highest BCUT2D eigenvalue weighted by atomic mass is 16.1. The number of piperidine rings is 1. The number of hydrogen-bond acceptors (Lipinski definition) is 2. The highest BCUT2D eigenvalue weighted by molar-refractivity contribution is 5.79. The zero-order valence-electron chi connectivity index (χ0n) is 8.88. The van der Waals surface area contributed by atoms with E-state index in [9.17, 15) is 4.79 Å². The molecule has 1 aliphatic rings. The summed E-state index contributed by atoms with van der Waals surface area (Å²) in [6, 6.07) is 0.210. The molecule has 80 valence electrons. The van der Waals surface area contributed by atoms with Crippen LogP contribution in [0.25, 0.3) is 0 Å². The van der Waals surface area contributed by atoms with Crippen LogP contribution in [0.4, 0.5) is 0 Å². The topological polar surface area (TPSA) is 41.1 Å². The minimum absolute atomic E-state index is 0.163. The summed E-state index contributed by atoms with van der Waals surface area (Å²) in [4.78, 5) is 11.7. The van der Waals surface area contributed by atoms with Crippen molar-refractivity contribution in [2.75, 3.05) is 13.1 Å². The number of carbonyl (C=O) groups excluding carboxylic acids is 1. The van der Waals surface area contributed by atoms with Gasteiger partial charge in [-0.1, -0.05) is 6.08 Å². The minimum Gasteiger partial charge on any atom is -0.353 e. The first kappa shape index (κ1) is 11.2. The van der Waals surface area contributed by atoms with E-state index in [1.54, 1.807) is 0 Å². The molecule has 3 heteroatoms. The average molecular weight is 196 g/mol. The summed E-state index contributed by atoms with van der Waals surface area (Å²) in [5, 5.41) is 6.24. The molecule has 0 radical (unpaired) electrons. The van der Waals surface area contributed by atoms with Crippen molar-refractivity contribution in [3.05, 3.63) is 12.7 Å². The lowest BCUT2D eigenvalue weighted by atomic mass is 9.98. The number of carbonyl (C=O) groups is 1.